The van der Waals surface area contributed by atoms with Gasteiger partial charge in [0.2, 0.25) is 0 Å². The van der Waals surface area contributed by atoms with Gasteiger partial charge < -0.3 is 15.1 Å². The van der Waals surface area contributed by atoms with Gasteiger partial charge in [0.15, 0.2) is 6.04 Å². The highest BCUT2D eigenvalue weighted by Crippen LogP contribution is 2.02. The highest BCUT2D eigenvalue weighted by Gasteiger charge is 2.30. The lowest BCUT2D eigenvalue weighted by Gasteiger charge is -2.32. The molecular formula is C22H31N3O+2. The number of carbonyl (C=O) groups excluding carboxylic acids is 1. The smallest absolute Gasteiger partial charge is 0.278 e. The molecule has 1 saturated heterocycles. The second-order valence-electron chi connectivity index (χ2n) is 7.50. The highest BCUT2D eigenvalue weighted by molar-refractivity contribution is 5.79. The number of hydrogen-bond acceptors (Lipinski definition) is 1. The SMILES string of the molecule is Cc1cccc(C[NH+]2CC[NH+]([C@H](C)C(=O)NCc3ccccc3)CC2)c1. The third-order valence-corrected chi connectivity index (χ3v) is 5.45. The van der Waals surface area contributed by atoms with E-state index in [-0.39, 0.29) is 11.9 Å². The molecule has 0 aromatic heterocycles. The first-order valence-corrected chi connectivity index (χ1v) is 9.67. The van der Waals surface area contributed by atoms with Gasteiger partial charge >= 0.3 is 0 Å². The number of quaternary nitrogens is 2. The van der Waals surface area contributed by atoms with Gasteiger partial charge in [0.1, 0.15) is 32.7 Å². The lowest BCUT2D eigenvalue weighted by atomic mass is 10.1. The molecule has 26 heavy (non-hydrogen) atoms. The Labute approximate surface area is 156 Å². The van der Waals surface area contributed by atoms with Gasteiger partial charge in [0, 0.05) is 12.1 Å². The van der Waals surface area contributed by atoms with E-state index < -0.39 is 0 Å². The molecule has 1 amide bonds. The molecule has 1 aliphatic rings. The van der Waals surface area contributed by atoms with E-state index in [1.807, 2.05) is 30.3 Å². The van der Waals surface area contributed by atoms with Crippen molar-refractivity contribution in [2.24, 2.45) is 0 Å². The molecular weight excluding hydrogens is 322 g/mol. The van der Waals surface area contributed by atoms with Gasteiger partial charge in [-0.2, -0.15) is 0 Å². The zero-order valence-electron chi connectivity index (χ0n) is 15.9. The summed E-state index contributed by atoms with van der Waals surface area (Å²) in [6.07, 6.45) is 0. The normalized spacial score (nSPS) is 21.2. The molecule has 138 valence electrons. The van der Waals surface area contributed by atoms with E-state index in [1.165, 1.54) is 16.0 Å². The molecule has 3 N–H and O–H groups in total. The minimum absolute atomic E-state index is 0.0132. The van der Waals surface area contributed by atoms with Crippen molar-refractivity contribution in [3.8, 4) is 0 Å². The van der Waals surface area contributed by atoms with Gasteiger partial charge in [-0.15, -0.1) is 0 Å². The van der Waals surface area contributed by atoms with Crippen molar-refractivity contribution in [2.75, 3.05) is 26.2 Å². The summed E-state index contributed by atoms with van der Waals surface area (Å²) in [5.74, 6) is 0.158. The fourth-order valence-electron chi connectivity index (χ4n) is 3.77. The third-order valence-electron chi connectivity index (χ3n) is 5.45. The number of rotatable bonds is 6. The minimum Gasteiger partial charge on any atom is -0.347 e. The summed E-state index contributed by atoms with van der Waals surface area (Å²) in [4.78, 5) is 15.5. The molecule has 1 heterocycles. The van der Waals surface area contributed by atoms with Crippen LogP contribution in [0.2, 0.25) is 0 Å². The van der Waals surface area contributed by atoms with Crippen molar-refractivity contribution in [1.82, 2.24) is 5.32 Å². The lowest BCUT2D eigenvalue weighted by Crippen LogP contribution is -3.29. The van der Waals surface area contributed by atoms with Gasteiger partial charge in [0.05, 0.1) is 0 Å². The molecule has 0 radical (unpaired) electrons. The lowest BCUT2D eigenvalue weighted by molar-refractivity contribution is -1.02. The second kappa shape index (κ2) is 8.97. The first-order valence-electron chi connectivity index (χ1n) is 9.67. The van der Waals surface area contributed by atoms with Crippen LogP contribution in [0.25, 0.3) is 0 Å². The highest BCUT2D eigenvalue weighted by atomic mass is 16.2. The Bertz CT molecular complexity index is 708. The number of piperazine rings is 1. The van der Waals surface area contributed by atoms with Gasteiger partial charge in [0.25, 0.3) is 5.91 Å². The number of nitrogens with one attached hydrogen (secondary N) is 3. The summed E-state index contributed by atoms with van der Waals surface area (Å²) in [6.45, 7) is 10.3. The zero-order valence-corrected chi connectivity index (χ0v) is 15.9. The molecule has 0 spiro atoms. The maximum Gasteiger partial charge on any atom is 0.278 e. The largest absolute Gasteiger partial charge is 0.347 e. The number of hydrogen-bond donors (Lipinski definition) is 3. The summed E-state index contributed by atoms with van der Waals surface area (Å²) in [7, 11) is 0. The van der Waals surface area contributed by atoms with Gasteiger partial charge in [-0.05, 0) is 19.4 Å². The van der Waals surface area contributed by atoms with Crippen molar-refractivity contribution < 1.29 is 14.6 Å². The monoisotopic (exact) mass is 353 g/mol. The zero-order chi connectivity index (χ0) is 18.4. The molecule has 2 aromatic carbocycles. The third kappa shape index (κ3) is 5.16. The first kappa shape index (κ1) is 18.6. The van der Waals surface area contributed by atoms with E-state index >= 15 is 0 Å². The van der Waals surface area contributed by atoms with Crippen LogP contribution in [-0.4, -0.2) is 38.1 Å². The van der Waals surface area contributed by atoms with Crippen LogP contribution in [0.1, 0.15) is 23.6 Å². The minimum atomic E-state index is 0.0132. The van der Waals surface area contributed by atoms with Gasteiger partial charge in [-0.1, -0.05) is 60.2 Å². The molecule has 1 atom stereocenters. The van der Waals surface area contributed by atoms with Crippen LogP contribution in [0.4, 0.5) is 0 Å². The fourth-order valence-corrected chi connectivity index (χ4v) is 3.77. The molecule has 0 unspecified atom stereocenters. The predicted molar refractivity (Wildman–Crippen MR) is 104 cm³/mol. The van der Waals surface area contributed by atoms with Crippen LogP contribution in [-0.2, 0) is 17.9 Å². The molecule has 4 heteroatoms. The Morgan fingerprint density at radius 3 is 2.38 bits per heavy atom. The van der Waals surface area contributed by atoms with Crippen LogP contribution in [0.15, 0.2) is 54.6 Å². The molecule has 0 aliphatic carbocycles. The average Bonchev–Trinajstić information content (AvgIpc) is 2.67. The summed E-state index contributed by atoms with van der Waals surface area (Å²) in [6, 6.07) is 18.9. The Balaban J connectivity index is 1.44. The van der Waals surface area contributed by atoms with Gasteiger partial charge in [-0.25, -0.2) is 0 Å². The average molecular weight is 354 g/mol. The van der Waals surface area contributed by atoms with Crippen LogP contribution in [0.5, 0.6) is 0 Å². The molecule has 0 saturated carbocycles. The first-order chi connectivity index (χ1) is 12.6. The van der Waals surface area contributed by atoms with E-state index in [0.717, 1.165) is 38.3 Å². The molecule has 1 fully saturated rings. The van der Waals surface area contributed by atoms with Crippen molar-refractivity contribution in [3.05, 3.63) is 71.3 Å². The summed E-state index contributed by atoms with van der Waals surface area (Å²) in [5.41, 5.74) is 3.89. The Morgan fingerprint density at radius 1 is 1.00 bits per heavy atom. The fraction of sp³-hybridized carbons (Fsp3) is 0.409. The number of benzene rings is 2. The molecule has 3 rings (SSSR count). The van der Waals surface area contributed by atoms with Crippen LogP contribution in [0.3, 0.4) is 0 Å². The van der Waals surface area contributed by atoms with Crippen LogP contribution < -0.4 is 15.1 Å². The number of aryl methyl sites for hydroxylation is 1. The molecule has 2 aromatic rings. The van der Waals surface area contributed by atoms with Gasteiger partial charge in [-0.3, -0.25) is 4.79 Å². The number of carbonyl (C=O) groups is 1. The maximum atomic E-state index is 12.5. The summed E-state index contributed by atoms with van der Waals surface area (Å²) in [5, 5.41) is 3.09. The van der Waals surface area contributed by atoms with E-state index in [0.29, 0.717) is 6.54 Å². The second-order valence-corrected chi connectivity index (χ2v) is 7.50. The topological polar surface area (TPSA) is 38.0 Å². The van der Waals surface area contributed by atoms with E-state index in [1.54, 1.807) is 4.90 Å². The Hall–Kier alpha value is -2.17. The quantitative estimate of drug-likeness (QED) is 0.671. The summed E-state index contributed by atoms with van der Waals surface area (Å²) >= 11 is 0. The van der Waals surface area contributed by atoms with Crippen LogP contribution in [0, 0.1) is 6.92 Å². The van der Waals surface area contributed by atoms with Crippen molar-refractivity contribution in [2.45, 2.75) is 33.0 Å². The van der Waals surface area contributed by atoms with Crippen molar-refractivity contribution in [3.63, 3.8) is 0 Å². The van der Waals surface area contributed by atoms with E-state index in [2.05, 4.69) is 43.4 Å². The molecule has 4 nitrogen and oxygen atoms in total. The standard InChI is InChI=1S/C22H29N3O/c1-18-7-6-10-21(15-18)17-24-11-13-25(14-12-24)19(2)22(26)23-16-20-8-4-3-5-9-20/h3-10,15,19H,11-14,16-17H2,1-2H3,(H,23,26)/p+2/t19-/m1/s1. The number of amides is 1. The predicted octanol–water partition coefficient (Wildman–Crippen LogP) is -0.0167. The Morgan fingerprint density at radius 2 is 1.69 bits per heavy atom. The van der Waals surface area contributed by atoms with Crippen LogP contribution >= 0.6 is 0 Å². The molecule has 1 aliphatic heterocycles. The Kier molecular flexibility index (Phi) is 6.42. The molecule has 0 bridgehead atoms. The summed E-state index contributed by atoms with van der Waals surface area (Å²) < 4.78 is 0. The van der Waals surface area contributed by atoms with Crippen molar-refractivity contribution >= 4 is 5.91 Å². The van der Waals surface area contributed by atoms with E-state index in [9.17, 15) is 4.79 Å². The van der Waals surface area contributed by atoms with E-state index in [4.69, 9.17) is 0 Å². The van der Waals surface area contributed by atoms with Crippen molar-refractivity contribution in [1.29, 1.82) is 0 Å². The maximum absolute atomic E-state index is 12.5.